The summed E-state index contributed by atoms with van der Waals surface area (Å²) in [5.74, 6) is -0.593. The third-order valence-electron chi connectivity index (χ3n) is 3.35. The van der Waals surface area contributed by atoms with Crippen LogP contribution in [-0.4, -0.2) is 25.9 Å². The summed E-state index contributed by atoms with van der Waals surface area (Å²) in [6, 6.07) is 9.70. The smallest absolute Gasteiger partial charge is 0.338 e. The molecule has 0 radical (unpaired) electrons. The number of esters is 1. The van der Waals surface area contributed by atoms with Crippen LogP contribution in [0.4, 0.5) is 0 Å². The molecule has 0 bridgehead atoms. The second kappa shape index (κ2) is 8.09. The van der Waals surface area contributed by atoms with Crippen LogP contribution < -0.4 is 4.72 Å². The molecule has 1 N–H and O–H groups in total. The molecule has 0 aliphatic carbocycles. The van der Waals surface area contributed by atoms with Gasteiger partial charge in [-0.3, -0.25) is 0 Å². The van der Waals surface area contributed by atoms with Crippen LogP contribution in [0, 0.1) is 0 Å². The van der Waals surface area contributed by atoms with Crippen molar-refractivity contribution in [2.75, 3.05) is 6.54 Å². The second-order valence-electron chi connectivity index (χ2n) is 5.23. The molecule has 0 unspecified atom stereocenters. The molecule has 2 aromatic heterocycles. The summed E-state index contributed by atoms with van der Waals surface area (Å²) in [5, 5.41) is 4.70. The van der Waals surface area contributed by atoms with Gasteiger partial charge in [-0.15, -0.1) is 22.7 Å². The lowest BCUT2D eigenvalue weighted by Gasteiger charge is -2.07. The number of thiazole rings is 1. The Hall–Kier alpha value is -2.07. The van der Waals surface area contributed by atoms with Crippen LogP contribution in [0.15, 0.2) is 52.1 Å². The maximum atomic E-state index is 12.2. The molecule has 2 heterocycles. The van der Waals surface area contributed by atoms with Gasteiger partial charge in [-0.1, -0.05) is 19.1 Å². The number of thiophene rings is 1. The number of benzene rings is 1. The van der Waals surface area contributed by atoms with Gasteiger partial charge in [0.15, 0.2) is 0 Å². The van der Waals surface area contributed by atoms with Crippen molar-refractivity contribution in [1.29, 1.82) is 0 Å². The Bertz CT molecular complexity index is 995. The van der Waals surface area contributed by atoms with Crippen molar-refractivity contribution in [3.05, 3.63) is 58.4 Å². The minimum absolute atomic E-state index is 0.0300. The second-order valence-corrected chi connectivity index (χ2v) is 8.80. The lowest BCUT2D eigenvalue weighted by Crippen LogP contribution is -2.23. The van der Waals surface area contributed by atoms with Crippen LogP contribution in [-0.2, 0) is 21.4 Å². The molecule has 0 spiro atoms. The molecule has 0 saturated carbocycles. The molecule has 0 fully saturated rings. The van der Waals surface area contributed by atoms with E-state index >= 15 is 0 Å². The summed E-state index contributed by atoms with van der Waals surface area (Å²) in [4.78, 5) is 17.8. The number of carbonyl (C=O) groups excluding carboxylic acids is 1. The van der Waals surface area contributed by atoms with E-state index in [0.29, 0.717) is 5.69 Å². The molecule has 0 aliphatic rings. The number of aromatic nitrogens is 1. The summed E-state index contributed by atoms with van der Waals surface area (Å²) in [6.07, 6.45) is 0. The fourth-order valence-corrected chi connectivity index (χ4v) is 4.88. The summed E-state index contributed by atoms with van der Waals surface area (Å²) >= 11 is 3.08. The van der Waals surface area contributed by atoms with E-state index in [2.05, 4.69) is 9.71 Å². The van der Waals surface area contributed by atoms with Crippen molar-refractivity contribution in [1.82, 2.24) is 9.71 Å². The van der Waals surface area contributed by atoms with Gasteiger partial charge in [0.1, 0.15) is 11.6 Å². The van der Waals surface area contributed by atoms with Gasteiger partial charge in [0.25, 0.3) is 0 Å². The van der Waals surface area contributed by atoms with Crippen molar-refractivity contribution in [2.45, 2.75) is 18.4 Å². The van der Waals surface area contributed by atoms with E-state index in [1.54, 1.807) is 18.3 Å². The van der Waals surface area contributed by atoms with Crippen LogP contribution in [0.3, 0.4) is 0 Å². The topological polar surface area (TPSA) is 85.4 Å². The van der Waals surface area contributed by atoms with Crippen molar-refractivity contribution in [3.63, 3.8) is 0 Å². The minimum Gasteiger partial charge on any atom is -0.456 e. The molecule has 136 valence electrons. The van der Waals surface area contributed by atoms with Crippen LogP contribution in [0.1, 0.15) is 23.0 Å². The zero-order valence-electron chi connectivity index (χ0n) is 13.8. The van der Waals surface area contributed by atoms with E-state index in [1.807, 2.05) is 22.9 Å². The highest BCUT2D eigenvalue weighted by molar-refractivity contribution is 7.89. The van der Waals surface area contributed by atoms with Crippen LogP contribution in [0.5, 0.6) is 0 Å². The number of rotatable bonds is 7. The Kier molecular flexibility index (Phi) is 5.82. The van der Waals surface area contributed by atoms with Crippen molar-refractivity contribution in [3.8, 4) is 9.88 Å². The molecular formula is C17H16N2O4S3. The predicted octanol–water partition coefficient (Wildman–Crippen LogP) is 3.53. The summed E-state index contributed by atoms with van der Waals surface area (Å²) in [6.45, 7) is 1.99. The standard InChI is InChI=1S/C17H16N2O4S3/c1-2-18-26(21,22)14-6-3-5-12(9-14)17(20)23-10-13-11-25-16(19-13)15-7-4-8-24-15/h3-9,11,18H,2,10H2,1H3. The lowest BCUT2D eigenvalue weighted by molar-refractivity contribution is 0.0468. The first kappa shape index (κ1) is 18.7. The third-order valence-corrected chi connectivity index (χ3v) is 6.82. The highest BCUT2D eigenvalue weighted by Crippen LogP contribution is 2.28. The average Bonchev–Trinajstić information content (AvgIpc) is 3.31. The lowest BCUT2D eigenvalue weighted by atomic mass is 10.2. The average molecular weight is 409 g/mol. The van der Waals surface area contributed by atoms with Gasteiger partial charge >= 0.3 is 5.97 Å². The zero-order valence-corrected chi connectivity index (χ0v) is 16.3. The van der Waals surface area contributed by atoms with Gasteiger partial charge < -0.3 is 4.74 Å². The first-order valence-electron chi connectivity index (χ1n) is 7.74. The normalized spacial score (nSPS) is 11.4. The molecule has 26 heavy (non-hydrogen) atoms. The number of carbonyl (C=O) groups is 1. The van der Waals surface area contributed by atoms with Gasteiger partial charge in [-0.25, -0.2) is 22.9 Å². The number of nitrogens with one attached hydrogen (secondary N) is 1. The SMILES string of the molecule is CCNS(=O)(=O)c1cccc(C(=O)OCc2csc(-c3cccs3)n2)c1. The first-order valence-corrected chi connectivity index (χ1v) is 11.0. The maximum Gasteiger partial charge on any atom is 0.338 e. The molecule has 0 atom stereocenters. The monoisotopic (exact) mass is 408 g/mol. The fraction of sp³-hybridized carbons (Fsp3) is 0.176. The van der Waals surface area contributed by atoms with E-state index in [4.69, 9.17) is 4.74 Å². The first-order chi connectivity index (χ1) is 12.5. The molecule has 1 aromatic carbocycles. The van der Waals surface area contributed by atoms with Crippen molar-refractivity contribution in [2.24, 2.45) is 0 Å². The van der Waals surface area contributed by atoms with Gasteiger partial charge in [0.05, 0.1) is 21.0 Å². The van der Waals surface area contributed by atoms with Gasteiger partial charge in [0, 0.05) is 11.9 Å². The minimum atomic E-state index is -3.62. The number of sulfonamides is 1. The molecule has 6 nitrogen and oxygen atoms in total. The molecule has 3 aromatic rings. The fourth-order valence-electron chi connectivity index (χ4n) is 2.17. The maximum absolute atomic E-state index is 12.2. The summed E-state index contributed by atoms with van der Waals surface area (Å²) in [7, 11) is -3.62. The van der Waals surface area contributed by atoms with Gasteiger partial charge in [-0.2, -0.15) is 0 Å². The Morgan fingerprint density at radius 2 is 2.08 bits per heavy atom. The van der Waals surface area contributed by atoms with Gasteiger partial charge in [-0.05, 0) is 29.6 Å². The molecule has 0 saturated heterocycles. The van der Waals surface area contributed by atoms with E-state index in [-0.39, 0.29) is 23.6 Å². The number of hydrogen-bond donors (Lipinski definition) is 1. The molecule has 0 amide bonds. The Morgan fingerprint density at radius 3 is 2.81 bits per heavy atom. The largest absolute Gasteiger partial charge is 0.456 e. The highest BCUT2D eigenvalue weighted by atomic mass is 32.2. The quantitative estimate of drug-likeness (QED) is 0.605. The number of ether oxygens (including phenoxy) is 1. The van der Waals surface area contributed by atoms with Crippen LogP contribution in [0.25, 0.3) is 9.88 Å². The van der Waals surface area contributed by atoms with E-state index in [9.17, 15) is 13.2 Å². The van der Waals surface area contributed by atoms with E-state index in [1.165, 1.54) is 35.6 Å². The third kappa shape index (κ3) is 4.36. The van der Waals surface area contributed by atoms with E-state index in [0.717, 1.165) is 9.88 Å². The molecular weight excluding hydrogens is 392 g/mol. The number of hydrogen-bond acceptors (Lipinski definition) is 7. The number of nitrogens with zero attached hydrogens (tertiary/aromatic N) is 1. The van der Waals surface area contributed by atoms with Gasteiger partial charge in [0.2, 0.25) is 10.0 Å². The molecule has 9 heteroatoms. The van der Waals surface area contributed by atoms with Crippen LogP contribution in [0.2, 0.25) is 0 Å². The Labute approximate surface area is 159 Å². The van der Waals surface area contributed by atoms with Crippen molar-refractivity contribution >= 4 is 38.7 Å². The summed E-state index contributed by atoms with van der Waals surface area (Å²) < 4.78 is 31.7. The van der Waals surface area contributed by atoms with E-state index < -0.39 is 16.0 Å². The van der Waals surface area contributed by atoms with Crippen LogP contribution >= 0.6 is 22.7 Å². The van der Waals surface area contributed by atoms with Crippen molar-refractivity contribution < 1.29 is 17.9 Å². The molecule has 0 aliphatic heterocycles. The Balaban J connectivity index is 1.67. The molecule has 3 rings (SSSR count). The highest BCUT2D eigenvalue weighted by Gasteiger charge is 2.16. The zero-order chi connectivity index (χ0) is 18.6. The predicted molar refractivity (Wildman–Crippen MR) is 102 cm³/mol. The Morgan fingerprint density at radius 1 is 1.23 bits per heavy atom. The summed E-state index contributed by atoms with van der Waals surface area (Å²) in [5.41, 5.74) is 0.834.